The Kier molecular flexibility index (Phi) is 2.70. The fourth-order valence-electron chi connectivity index (χ4n) is 2.43. The number of aromatic hydroxyl groups is 1. The van der Waals surface area contributed by atoms with Crippen LogP contribution in [0.1, 0.15) is 25.8 Å². The van der Waals surface area contributed by atoms with Gasteiger partial charge >= 0.3 is 0 Å². The van der Waals surface area contributed by atoms with Gasteiger partial charge < -0.3 is 10.4 Å². The average molecular weight is 205 g/mol. The van der Waals surface area contributed by atoms with E-state index in [1.807, 2.05) is 12.1 Å². The second-order valence-corrected chi connectivity index (χ2v) is 4.82. The predicted octanol–water partition coefficient (Wildman–Crippen LogP) is 2.28. The molecule has 2 N–H and O–H groups in total. The number of nitrogens with one attached hydrogen (secondary N) is 1. The largest absolute Gasteiger partial charge is 0.508 e. The first-order valence-electron chi connectivity index (χ1n) is 5.63. The fraction of sp³-hybridized carbons (Fsp3) is 0.538. The smallest absolute Gasteiger partial charge is 0.115 e. The molecule has 0 radical (unpaired) electrons. The van der Waals surface area contributed by atoms with Crippen LogP contribution < -0.4 is 5.32 Å². The summed E-state index contributed by atoms with van der Waals surface area (Å²) < 4.78 is 0. The number of benzene rings is 1. The molecule has 2 heteroatoms. The number of phenols is 1. The molecule has 0 bridgehead atoms. The highest BCUT2D eigenvalue weighted by Crippen LogP contribution is 2.37. The van der Waals surface area contributed by atoms with Gasteiger partial charge in [-0.05, 0) is 48.5 Å². The van der Waals surface area contributed by atoms with Gasteiger partial charge in [-0.1, -0.05) is 26.0 Å². The Morgan fingerprint density at radius 2 is 2.27 bits per heavy atom. The maximum atomic E-state index is 9.53. The zero-order chi connectivity index (χ0) is 10.9. The SMILES string of the molecule is CC1CNCC[C@]1(C)c1cccc(O)c1. The molecular formula is C13H19NO. The van der Waals surface area contributed by atoms with E-state index in [4.69, 9.17) is 0 Å². The summed E-state index contributed by atoms with van der Waals surface area (Å²) in [5, 5.41) is 12.9. The summed E-state index contributed by atoms with van der Waals surface area (Å²) in [4.78, 5) is 0. The molecule has 1 unspecified atom stereocenters. The van der Waals surface area contributed by atoms with Crippen LogP contribution in [-0.2, 0) is 5.41 Å². The van der Waals surface area contributed by atoms with Crippen LogP contribution in [0.2, 0.25) is 0 Å². The lowest BCUT2D eigenvalue weighted by Gasteiger charge is -2.40. The van der Waals surface area contributed by atoms with Crippen molar-refractivity contribution in [1.29, 1.82) is 0 Å². The lowest BCUT2D eigenvalue weighted by molar-refractivity contribution is 0.237. The summed E-state index contributed by atoms with van der Waals surface area (Å²) in [5.74, 6) is 0.979. The highest BCUT2D eigenvalue weighted by Gasteiger charge is 2.35. The fourth-order valence-corrected chi connectivity index (χ4v) is 2.43. The van der Waals surface area contributed by atoms with E-state index in [0.717, 1.165) is 19.5 Å². The van der Waals surface area contributed by atoms with E-state index in [1.165, 1.54) is 5.56 Å². The molecule has 0 spiro atoms. The summed E-state index contributed by atoms with van der Waals surface area (Å²) in [6.45, 7) is 6.70. The lowest BCUT2D eigenvalue weighted by atomic mass is 9.68. The Hall–Kier alpha value is -1.02. The minimum absolute atomic E-state index is 0.198. The standard InChI is InChI=1S/C13H19NO/c1-10-9-14-7-6-13(10,2)11-4-3-5-12(15)8-11/h3-5,8,10,14-15H,6-7,9H2,1-2H3/t10?,13-/m0/s1. The molecule has 1 aromatic carbocycles. The van der Waals surface area contributed by atoms with Crippen molar-refractivity contribution in [2.24, 2.45) is 5.92 Å². The summed E-state index contributed by atoms with van der Waals surface area (Å²) in [5.41, 5.74) is 1.46. The summed E-state index contributed by atoms with van der Waals surface area (Å²) in [6, 6.07) is 7.70. The number of piperidine rings is 1. The lowest BCUT2D eigenvalue weighted by Crippen LogP contribution is -2.44. The molecule has 1 aliphatic rings. The van der Waals surface area contributed by atoms with Crippen molar-refractivity contribution in [1.82, 2.24) is 5.32 Å². The van der Waals surface area contributed by atoms with Crippen LogP contribution in [0.4, 0.5) is 0 Å². The monoisotopic (exact) mass is 205 g/mol. The zero-order valence-electron chi connectivity index (χ0n) is 9.46. The van der Waals surface area contributed by atoms with Crippen molar-refractivity contribution in [3.8, 4) is 5.75 Å². The first-order chi connectivity index (χ1) is 7.13. The van der Waals surface area contributed by atoms with Gasteiger partial charge in [0.1, 0.15) is 5.75 Å². The Balaban J connectivity index is 2.34. The van der Waals surface area contributed by atoms with Crippen molar-refractivity contribution < 1.29 is 5.11 Å². The molecule has 0 aliphatic carbocycles. The third kappa shape index (κ3) is 1.86. The third-order valence-corrected chi connectivity index (χ3v) is 3.86. The van der Waals surface area contributed by atoms with E-state index in [9.17, 15) is 5.11 Å². The highest BCUT2D eigenvalue weighted by molar-refractivity contribution is 5.33. The molecule has 1 saturated heterocycles. The molecule has 2 nitrogen and oxygen atoms in total. The molecule has 0 saturated carbocycles. The molecular weight excluding hydrogens is 186 g/mol. The van der Waals surface area contributed by atoms with Crippen LogP contribution in [0, 0.1) is 5.92 Å². The van der Waals surface area contributed by atoms with Gasteiger partial charge in [-0.2, -0.15) is 0 Å². The van der Waals surface area contributed by atoms with Gasteiger partial charge in [0.05, 0.1) is 0 Å². The van der Waals surface area contributed by atoms with Gasteiger partial charge in [-0.25, -0.2) is 0 Å². The Morgan fingerprint density at radius 1 is 1.47 bits per heavy atom. The van der Waals surface area contributed by atoms with Crippen molar-refractivity contribution in [3.05, 3.63) is 29.8 Å². The summed E-state index contributed by atoms with van der Waals surface area (Å²) in [7, 11) is 0. The first kappa shape index (κ1) is 10.5. The Bertz CT molecular complexity index is 350. The highest BCUT2D eigenvalue weighted by atomic mass is 16.3. The Morgan fingerprint density at radius 3 is 2.93 bits per heavy atom. The number of hydrogen-bond donors (Lipinski definition) is 2. The van der Waals surface area contributed by atoms with Crippen molar-refractivity contribution in [2.75, 3.05) is 13.1 Å². The molecule has 1 heterocycles. The maximum Gasteiger partial charge on any atom is 0.115 e. The van der Waals surface area contributed by atoms with Gasteiger partial charge in [0.2, 0.25) is 0 Å². The van der Waals surface area contributed by atoms with Crippen LogP contribution in [0.15, 0.2) is 24.3 Å². The van der Waals surface area contributed by atoms with E-state index < -0.39 is 0 Å². The van der Waals surface area contributed by atoms with Gasteiger partial charge in [0.15, 0.2) is 0 Å². The van der Waals surface area contributed by atoms with Crippen LogP contribution in [0.25, 0.3) is 0 Å². The number of phenolic OH excluding ortho intramolecular Hbond substituents is 1. The predicted molar refractivity (Wildman–Crippen MR) is 62.1 cm³/mol. The van der Waals surface area contributed by atoms with E-state index >= 15 is 0 Å². The van der Waals surface area contributed by atoms with Crippen LogP contribution in [0.3, 0.4) is 0 Å². The molecule has 2 rings (SSSR count). The van der Waals surface area contributed by atoms with Crippen molar-refractivity contribution in [2.45, 2.75) is 25.7 Å². The number of rotatable bonds is 1. The van der Waals surface area contributed by atoms with Gasteiger partial charge in [-0.3, -0.25) is 0 Å². The van der Waals surface area contributed by atoms with Gasteiger partial charge in [0, 0.05) is 0 Å². The van der Waals surface area contributed by atoms with Gasteiger partial charge in [-0.15, -0.1) is 0 Å². The molecule has 1 fully saturated rings. The molecule has 0 amide bonds. The van der Waals surface area contributed by atoms with E-state index in [0.29, 0.717) is 11.7 Å². The van der Waals surface area contributed by atoms with Gasteiger partial charge in [0.25, 0.3) is 0 Å². The van der Waals surface area contributed by atoms with Crippen LogP contribution in [-0.4, -0.2) is 18.2 Å². The quantitative estimate of drug-likeness (QED) is 0.737. The normalized spacial score (nSPS) is 31.5. The van der Waals surface area contributed by atoms with Crippen LogP contribution >= 0.6 is 0 Å². The Labute approximate surface area is 91.3 Å². The molecule has 1 aromatic rings. The molecule has 82 valence electrons. The molecule has 1 aliphatic heterocycles. The number of hydrogen-bond acceptors (Lipinski definition) is 2. The van der Waals surface area contributed by atoms with E-state index in [1.54, 1.807) is 6.07 Å². The van der Waals surface area contributed by atoms with E-state index in [2.05, 4.69) is 25.2 Å². The summed E-state index contributed by atoms with van der Waals surface area (Å²) >= 11 is 0. The summed E-state index contributed by atoms with van der Waals surface area (Å²) in [6.07, 6.45) is 1.14. The first-order valence-corrected chi connectivity index (χ1v) is 5.63. The second-order valence-electron chi connectivity index (χ2n) is 4.82. The molecule has 15 heavy (non-hydrogen) atoms. The van der Waals surface area contributed by atoms with E-state index in [-0.39, 0.29) is 5.41 Å². The minimum atomic E-state index is 0.198. The molecule has 0 aromatic heterocycles. The second kappa shape index (κ2) is 3.86. The minimum Gasteiger partial charge on any atom is -0.508 e. The van der Waals surface area contributed by atoms with Crippen molar-refractivity contribution >= 4 is 0 Å². The zero-order valence-corrected chi connectivity index (χ0v) is 9.46. The van der Waals surface area contributed by atoms with Crippen molar-refractivity contribution in [3.63, 3.8) is 0 Å². The van der Waals surface area contributed by atoms with Crippen LogP contribution in [0.5, 0.6) is 5.75 Å². The molecule has 2 atom stereocenters. The third-order valence-electron chi connectivity index (χ3n) is 3.86. The topological polar surface area (TPSA) is 32.3 Å². The maximum absolute atomic E-state index is 9.53. The average Bonchev–Trinajstić information content (AvgIpc) is 2.23.